The Morgan fingerprint density at radius 3 is 2.76 bits per heavy atom. The maximum atomic E-state index is 11.1. The first-order chi connectivity index (χ1) is 10.0. The van der Waals surface area contributed by atoms with E-state index in [2.05, 4.69) is 10.3 Å². The Kier molecular flexibility index (Phi) is 4.85. The lowest BCUT2D eigenvalue weighted by Crippen LogP contribution is -2.01. The van der Waals surface area contributed by atoms with E-state index in [0.717, 1.165) is 17.0 Å². The summed E-state index contributed by atoms with van der Waals surface area (Å²) in [7, 11) is 0. The van der Waals surface area contributed by atoms with Crippen LogP contribution in [0.4, 0.5) is 11.4 Å². The van der Waals surface area contributed by atoms with E-state index in [0.29, 0.717) is 23.2 Å². The van der Waals surface area contributed by atoms with Crippen molar-refractivity contribution in [2.45, 2.75) is 31.7 Å². The van der Waals surface area contributed by atoms with Crippen LogP contribution >= 0.6 is 11.8 Å². The molecular weight excluding hydrogens is 290 g/mol. The standard InChI is InChI=1S/C14H17N3O3S/c1-4-15-12-6-5-11(7-13(12)17(18)19)8-21-14-16-9(2)10(3)20-14/h5-7,15H,4,8H2,1-3H3. The Hall–Kier alpha value is -2.02. The Labute approximate surface area is 127 Å². The van der Waals surface area contributed by atoms with E-state index in [1.807, 2.05) is 26.8 Å². The molecule has 0 atom stereocenters. The number of hydrogen-bond donors (Lipinski definition) is 1. The molecule has 1 N–H and O–H groups in total. The van der Waals surface area contributed by atoms with Crippen molar-refractivity contribution in [2.75, 3.05) is 11.9 Å². The van der Waals surface area contributed by atoms with Crippen LogP contribution in [0.5, 0.6) is 0 Å². The summed E-state index contributed by atoms with van der Waals surface area (Å²) in [6.07, 6.45) is 0. The molecule has 1 aromatic carbocycles. The van der Waals surface area contributed by atoms with E-state index in [4.69, 9.17) is 4.42 Å². The Morgan fingerprint density at radius 1 is 1.43 bits per heavy atom. The third-order valence-corrected chi connectivity index (χ3v) is 3.90. The molecule has 2 rings (SSSR count). The topological polar surface area (TPSA) is 81.2 Å². The lowest BCUT2D eigenvalue weighted by Gasteiger charge is -2.06. The number of thioether (sulfide) groups is 1. The largest absolute Gasteiger partial charge is 0.437 e. The predicted molar refractivity (Wildman–Crippen MR) is 82.8 cm³/mol. The Balaban J connectivity index is 2.13. The normalized spacial score (nSPS) is 10.6. The number of nitro benzene ring substituents is 1. The van der Waals surface area contributed by atoms with Crippen molar-refractivity contribution in [1.82, 2.24) is 4.98 Å². The van der Waals surface area contributed by atoms with Crippen molar-refractivity contribution in [1.29, 1.82) is 0 Å². The van der Waals surface area contributed by atoms with Gasteiger partial charge in [-0.3, -0.25) is 10.1 Å². The smallest absolute Gasteiger partial charge is 0.292 e. The van der Waals surface area contributed by atoms with Crippen LogP contribution in [0.2, 0.25) is 0 Å². The number of aryl methyl sites for hydroxylation is 2. The number of aromatic nitrogens is 1. The minimum absolute atomic E-state index is 0.0923. The molecule has 0 radical (unpaired) electrons. The minimum atomic E-state index is -0.369. The van der Waals surface area contributed by atoms with Gasteiger partial charge in [0.25, 0.3) is 10.9 Å². The van der Waals surface area contributed by atoms with Crippen LogP contribution in [0.3, 0.4) is 0 Å². The molecule has 0 spiro atoms. The SMILES string of the molecule is CCNc1ccc(CSc2nc(C)c(C)o2)cc1[N+](=O)[O-]. The molecule has 0 amide bonds. The molecule has 1 aromatic heterocycles. The maximum Gasteiger partial charge on any atom is 0.292 e. The molecule has 1 heterocycles. The highest BCUT2D eigenvalue weighted by Crippen LogP contribution is 2.29. The second kappa shape index (κ2) is 6.62. The summed E-state index contributed by atoms with van der Waals surface area (Å²) in [5, 5.41) is 14.7. The van der Waals surface area contributed by atoms with E-state index in [1.165, 1.54) is 11.8 Å². The van der Waals surface area contributed by atoms with E-state index in [1.54, 1.807) is 12.1 Å². The molecule has 0 unspecified atom stereocenters. The third kappa shape index (κ3) is 3.75. The highest BCUT2D eigenvalue weighted by Gasteiger charge is 2.14. The number of benzene rings is 1. The number of nitrogens with zero attached hydrogens (tertiary/aromatic N) is 2. The third-order valence-electron chi connectivity index (χ3n) is 3.00. The van der Waals surface area contributed by atoms with Crippen molar-refractivity contribution >= 4 is 23.1 Å². The zero-order valence-corrected chi connectivity index (χ0v) is 13.0. The molecule has 0 aliphatic carbocycles. The first-order valence-corrected chi connectivity index (χ1v) is 7.57. The summed E-state index contributed by atoms with van der Waals surface area (Å²) in [4.78, 5) is 15.0. The summed E-state index contributed by atoms with van der Waals surface area (Å²) < 4.78 is 5.48. The Bertz CT molecular complexity index is 635. The lowest BCUT2D eigenvalue weighted by molar-refractivity contribution is -0.384. The van der Waals surface area contributed by atoms with Crippen LogP contribution in [0, 0.1) is 24.0 Å². The first kappa shape index (κ1) is 15.4. The highest BCUT2D eigenvalue weighted by atomic mass is 32.2. The van der Waals surface area contributed by atoms with Crippen molar-refractivity contribution in [3.8, 4) is 0 Å². The van der Waals surface area contributed by atoms with Crippen molar-refractivity contribution in [3.63, 3.8) is 0 Å². The zero-order chi connectivity index (χ0) is 15.4. The van der Waals surface area contributed by atoms with Gasteiger partial charge in [0, 0.05) is 18.4 Å². The number of oxazole rings is 1. The molecule has 0 saturated heterocycles. The summed E-state index contributed by atoms with van der Waals surface area (Å²) in [5.41, 5.74) is 2.36. The lowest BCUT2D eigenvalue weighted by atomic mass is 10.2. The zero-order valence-electron chi connectivity index (χ0n) is 12.2. The Morgan fingerprint density at radius 2 is 2.19 bits per heavy atom. The van der Waals surface area contributed by atoms with Gasteiger partial charge < -0.3 is 9.73 Å². The van der Waals surface area contributed by atoms with Gasteiger partial charge in [0.05, 0.1) is 10.6 Å². The van der Waals surface area contributed by atoms with Crippen LogP contribution in [0.1, 0.15) is 23.9 Å². The first-order valence-electron chi connectivity index (χ1n) is 6.59. The summed E-state index contributed by atoms with van der Waals surface area (Å²) in [5.74, 6) is 1.37. The van der Waals surface area contributed by atoms with Gasteiger partial charge in [-0.25, -0.2) is 4.98 Å². The second-order valence-electron chi connectivity index (χ2n) is 4.55. The van der Waals surface area contributed by atoms with Crippen LogP contribution in [0.15, 0.2) is 27.8 Å². The van der Waals surface area contributed by atoms with Gasteiger partial charge in [-0.1, -0.05) is 17.8 Å². The molecule has 0 fully saturated rings. The minimum Gasteiger partial charge on any atom is -0.437 e. The van der Waals surface area contributed by atoms with Crippen LogP contribution in [0.25, 0.3) is 0 Å². The fourth-order valence-corrected chi connectivity index (χ4v) is 2.66. The van der Waals surface area contributed by atoms with Gasteiger partial charge in [0.1, 0.15) is 11.4 Å². The quantitative estimate of drug-likeness (QED) is 0.495. The molecule has 21 heavy (non-hydrogen) atoms. The van der Waals surface area contributed by atoms with Gasteiger partial charge in [-0.05, 0) is 32.4 Å². The van der Waals surface area contributed by atoms with Gasteiger partial charge in [0.15, 0.2) is 0 Å². The van der Waals surface area contributed by atoms with Gasteiger partial charge >= 0.3 is 0 Å². The molecule has 0 saturated carbocycles. The average Bonchev–Trinajstić information content (AvgIpc) is 2.77. The molecule has 0 aliphatic heterocycles. The molecule has 112 valence electrons. The van der Waals surface area contributed by atoms with Crippen LogP contribution < -0.4 is 5.32 Å². The molecule has 0 bridgehead atoms. The molecule has 7 heteroatoms. The number of nitrogens with one attached hydrogen (secondary N) is 1. The fourth-order valence-electron chi connectivity index (χ4n) is 1.81. The molecular formula is C14H17N3O3S. The number of anilines is 1. The second-order valence-corrected chi connectivity index (χ2v) is 5.48. The molecule has 6 nitrogen and oxygen atoms in total. The highest BCUT2D eigenvalue weighted by molar-refractivity contribution is 7.98. The van der Waals surface area contributed by atoms with Crippen molar-refractivity contribution < 1.29 is 9.34 Å². The van der Waals surface area contributed by atoms with E-state index in [9.17, 15) is 10.1 Å². The van der Waals surface area contributed by atoms with Crippen LogP contribution in [-0.4, -0.2) is 16.5 Å². The van der Waals surface area contributed by atoms with Gasteiger partial charge in [0.2, 0.25) is 0 Å². The monoisotopic (exact) mass is 307 g/mol. The predicted octanol–water partition coefficient (Wildman–Crippen LogP) is 3.92. The van der Waals surface area contributed by atoms with E-state index in [-0.39, 0.29) is 10.6 Å². The molecule has 0 aliphatic rings. The molecule has 2 aromatic rings. The summed E-state index contributed by atoms with van der Waals surface area (Å²) >= 11 is 1.43. The van der Waals surface area contributed by atoms with Crippen molar-refractivity contribution in [2.24, 2.45) is 0 Å². The number of nitro groups is 1. The van der Waals surface area contributed by atoms with Crippen LogP contribution in [-0.2, 0) is 5.75 Å². The van der Waals surface area contributed by atoms with E-state index >= 15 is 0 Å². The summed E-state index contributed by atoms with van der Waals surface area (Å²) in [6, 6.07) is 5.21. The number of rotatable bonds is 6. The van der Waals surface area contributed by atoms with Crippen molar-refractivity contribution in [3.05, 3.63) is 45.3 Å². The fraction of sp³-hybridized carbons (Fsp3) is 0.357. The number of hydrogen-bond acceptors (Lipinski definition) is 6. The summed E-state index contributed by atoms with van der Waals surface area (Å²) in [6.45, 7) is 6.30. The average molecular weight is 307 g/mol. The van der Waals surface area contributed by atoms with Gasteiger partial charge in [-0.2, -0.15) is 0 Å². The van der Waals surface area contributed by atoms with E-state index < -0.39 is 0 Å². The maximum absolute atomic E-state index is 11.1. The van der Waals surface area contributed by atoms with Gasteiger partial charge in [-0.15, -0.1) is 0 Å².